The Morgan fingerprint density at radius 2 is 1.95 bits per heavy atom. The topological polar surface area (TPSA) is 58.2 Å². The number of carbonyl (C=O) groups excluding carboxylic acids is 2. The minimum Gasteiger partial charge on any atom is -0.354 e. The number of amides is 2. The molecule has 0 saturated heterocycles. The van der Waals surface area contributed by atoms with E-state index in [1.54, 1.807) is 18.3 Å². The fourth-order valence-electron chi connectivity index (χ4n) is 2.05. The SMILES string of the molecule is CCCNC(=O)C(C)NC(=O)c1cc(CC)c(CCC)s1. The number of nitrogens with one attached hydrogen (secondary N) is 2. The Bertz CT molecular complexity index is 483. The normalized spacial score (nSPS) is 12.0. The van der Waals surface area contributed by atoms with E-state index in [4.69, 9.17) is 0 Å². The first-order chi connectivity index (χ1) is 10.0. The van der Waals surface area contributed by atoms with E-state index in [1.165, 1.54) is 10.4 Å². The summed E-state index contributed by atoms with van der Waals surface area (Å²) < 4.78 is 0. The predicted molar refractivity (Wildman–Crippen MR) is 87.9 cm³/mol. The second-order valence-corrected chi connectivity index (χ2v) is 6.29. The molecule has 1 aromatic heterocycles. The maximum absolute atomic E-state index is 12.2. The van der Waals surface area contributed by atoms with Gasteiger partial charge in [-0.2, -0.15) is 0 Å². The first kappa shape index (κ1) is 17.7. The quantitative estimate of drug-likeness (QED) is 0.775. The van der Waals surface area contributed by atoms with Crippen molar-refractivity contribution >= 4 is 23.2 Å². The molecule has 21 heavy (non-hydrogen) atoms. The molecule has 0 aromatic carbocycles. The number of carbonyl (C=O) groups is 2. The van der Waals surface area contributed by atoms with Crippen LogP contribution in [0.2, 0.25) is 0 Å². The summed E-state index contributed by atoms with van der Waals surface area (Å²) in [6, 6.07) is 1.45. The second-order valence-electron chi connectivity index (χ2n) is 5.15. The van der Waals surface area contributed by atoms with Crippen molar-refractivity contribution in [1.29, 1.82) is 0 Å². The molecule has 4 nitrogen and oxygen atoms in total. The van der Waals surface area contributed by atoms with Gasteiger partial charge in [-0.1, -0.05) is 27.2 Å². The molecule has 0 saturated carbocycles. The van der Waals surface area contributed by atoms with Crippen molar-refractivity contribution in [3.63, 3.8) is 0 Å². The summed E-state index contributed by atoms with van der Waals surface area (Å²) >= 11 is 1.54. The number of aryl methyl sites for hydroxylation is 2. The molecule has 0 spiro atoms. The van der Waals surface area contributed by atoms with Crippen LogP contribution < -0.4 is 10.6 Å². The van der Waals surface area contributed by atoms with E-state index in [1.807, 2.05) is 13.0 Å². The molecule has 0 aliphatic heterocycles. The van der Waals surface area contributed by atoms with E-state index in [0.29, 0.717) is 11.4 Å². The average molecular weight is 310 g/mol. The van der Waals surface area contributed by atoms with Crippen LogP contribution in [0.4, 0.5) is 0 Å². The summed E-state index contributed by atoms with van der Waals surface area (Å²) in [5.74, 6) is -0.289. The van der Waals surface area contributed by atoms with E-state index in [-0.39, 0.29) is 11.8 Å². The predicted octanol–water partition coefficient (Wildman–Crippen LogP) is 2.91. The van der Waals surface area contributed by atoms with Gasteiger partial charge in [-0.05, 0) is 37.8 Å². The Kier molecular flexibility index (Phi) is 7.43. The molecular formula is C16H26N2O2S. The highest BCUT2D eigenvalue weighted by molar-refractivity contribution is 7.14. The fraction of sp³-hybridized carbons (Fsp3) is 0.625. The van der Waals surface area contributed by atoms with Crippen LogP contribution >= 0.6 is 11.3 Å². The van der Waals surface area contributed by atoms with Crippen LogP contribution in [0.5, 0.6) is 0 Å². The van der Waals surface area contributed by atoms with Crippen LogP contribution in [0.3, 0.4) is 0 Å². The molecule has 1 unspecified atom stereocenters. The highest BCUT2D eigenvalue weighted by Gasteiger charge is 2.18. The number of thiophene rings is 1. The van der Waals surface area contributed by atoms with Crippen LogP contribution in [0, 0.1) is 0 Å². The van der Waals surface area contributed by atoms with Gasteiger partial charge in [-0.15, -0.1) is 11.3 Å². The molecule has 2 amide bonds. The molecule has 2 N–H and O–H groups in total. The van der Waals surface area contributed by atoms with Crippen LogP contribution in [0.1, 0.15) is 60.6 Å². The zero-order chi connectivity index (χ0) is 15.8. The second kappa shape index (κ2) is 8.82. The Hall–Kier alpha value is -1.36. The zero-order valence-corrected chi connectivity index (χ0v) is 14.2. The largest absolute Gasteiger partial charge is 0.354 e. The lowest BCUT2D eigenvalue weighted by atomic mass is 10.1. The number of hydrogen-bond acceptors (Lipinski definition) is 3. The van der Waals surface area contributed by atoms with Gasteiger partial charge in [0.05, 0.1) is 4.88 Å². The van der Waals surface area contributed by atoms with E-state index >= 15 is 0 Å². The van der Waals surface area contributed by atoms with Crippen LogP contribution in [0.15, 0.2) is 6.07 Å². The molecule has 0 fully saturated rings. The molecule has 0 aliphatic rings. The molecule has 0 radical (unpaired) electrons. The molecular weight excluding hydrogens is 284 g/mol. The van der Waals surface area contributed by atoms with Gasteiger partial charge < -0.3 is 10.6 Å². The van der Waals surface area contributed by atoms with Gasteiger partial charge in [0.2, 0.25) is 5.91 Å². The maximum Gasteiger partial charge on any atom is 0.262 e. The average Bonchev–Trinajstić information content (AvgIpc) is 2.88. The lowest BCUT2D eigenvalue weighted by Crippen LogP contribution is -2.44. The van der Waals surface area contributed by atoms with E-state index in [9.17, 15) is 9.59 Å². The van der Waals surface area contributed by atoms with Gasteiger partial charge in [-0.25, -0.2) is 0 Å². The molecule has 0 bridgehead atoms. The van der Waals surface area contributed by atoms with E-state index in [2.05, 4.69) is 24.5 Å². The highest BCUT2D eigenvalue weighted by Crippen LogP contribution is 2.24. The van der Waals surface area contributed by atoms with Gasteiger partial charge >= 0.3 is 0 Å². The summed E-state index contributed by atoms with van der Waals surface area (Å²) in [7, 11) is 0. The minimum absolute atomic E-state index is 0.133. The molecule has 1 aromatic rings. The first-order valence-corrected chi connectivity index (χ1v) is 8.55. The lowest BCUT2D eigenvalue weighted by Gasteiger charge is -2.12. The molecule has 5 heteroatoms. The summed E-state index contributed by atoms with van der Waals surface area (Å²) in [6.45, 7) is 8.59. The van der Waals surface area contributed by atoms with E-state index in [0.717, 1.165) is 25.7 Å². The maximum atomic E-state index is 12.2. The van der Waals surface area contributed by atoms with Crippen molar-refractivity contribution in [2.75, 3.05) is 6.54 Å². The molecule has 0 aliphatic carbocycles. The lowest BCUT2D eigenvalue weighted by molar-refractivity contribution is -0.122. The molecule has 118 valence electrons. The third kappa shape index (κ3) is 5.16. The Labute approximate surface area is 131 Å². The van der Waals surface area contributed by atoms with Gasteiger partial charge in [0.15, 0.2) is 0 Å². The van der Waals surface area contributed by atoms with Crippen LogP contribution in [0.25, 0.3) is 0 Å². The number of hydrogen-bond donors (Lipinski definition) is 2. The first-order valence-electron chi connectivity index (χ1n) is 7.73. The van der Waals surface area contributed by atoms with Crippen molar-refractivity contribution < 1.29 is 9.59 Å². The Balaban J connectivity index is 2.68. The van der Waals surface area contributed by atoms with Crippen LogP contribution in [-0.2, 0) is 17.6 Å². The van der Waals surface area contributed by atoms with Crippen molar-refractivity contribution in [2.45, 2.75) is 59.4 Å². The van der Waals surface area contributed by atoms with E-state index < -0.39 is 6.04 Å². The Morgan fingerprint density at radius 1 is 1.24 bits per heavy atom. The third-order valence-corrected chi connectivity index (χ3v) is 4.50. The monoisotopic (exact) mass is 310 g/mol. The summed E-state index contributed by atoms with van der Waals surface area (Å²) in [5.41, 5.74) is 1.25. The standard InChI is InChI=1S/C16H26N2O2S/c1-5-8-13-12(7-3)10-14(21-13)16(20)18-11(4)15(19)17-9-6-2/h10-11H,5-9H2,1-4H3,(H,17,19)(H,18,20). The van der Waals surface area contributed by atoms with Crippen molar-refractivity contribution in [1.82, 2.24) is 10.6 Å². The molecule has 1 rings (SSSR count). The van der Waals surface area contributed by atoms with Gasteiger partial charge in [-0.3, -0.25) is 9.59 Å². The molecule has 1 heterocycles. The third-order valence-electron chi connectivity index (χ3n) is 3.27. The zero-order valence-electron chi connectivity index (χ0n) is 13.4. The number of rotatable bonds is 8. The van der Waals surface area contributed by atoms with Crippen molar-refractivity contribution in [2.24, 2.45) is 0 Å². The molecule has 1 atom stereocenters. The van der Waals surface area contributed by atoms with Gasteiger partial charge in [0.25, 0.3) is 5.91 Å². The van der Waals surface area contributed by atoms with Crippen LogP contribution in [-0.4, -0.2) is 24.4 Å². The van der Waals surface area contributed by atoms with Crippen molar-refractivity contribution in [3.05, 3.63) is 21.4 Å². The fourth-order valence-corrected chi connectivity index (χ4v) is 3.31. The van der Waals surface area contributed by atoms with Crippen molar-refractivity contribution in [3.8, 4) is 0 Å². The Morgan fingerprint density at radius 3 is 2.52 bits per heavy atom. The van der Waals surface area contributed by atoms with Gasteiger partial charge in [0, 0.05) is 11.4 Å². The summed E-state index contributed by atoms with van der Waals surface area (Å²) in [6.07, 6.45) is 3.90. The van der Waals surface area contributed by atoms with Gasteiger partial charge in [0.1, 0.15) is 6.04 Å². The highest BCUT2D eigenvalue weighted by atomic mass is 32.1. The smallest absolute Gasteiger partial charge is 0.262 e. The summed E-state index contributed by atoms with van der Waals surface area (Å²) in [4.78, 5) is 26.0. The minimum atomic E-state index is -0.508. The summed E-state index contributed by atoms with van der Waals surface area (Å²) in [5, 5.41) is 5.56.